The number of hydrogen-bond acceptors (Lipinski definition) is 4. The largest absolute Gasteiger partial charge is 0.384 e. The van der Waals surface area contributed by atoms with Gasteiger partial charge in [-0.3, -0.25) is 4.79 Å². The highest BCUT2D eigenvalue weighted by molar-refractivity contribution is 9.10. The van der Waals surface area contributed by atoms with Gasteiger partial charge in [-0.05, 0) is 41.9 Å². The highest BCUT2D eigenvalue weighted by atomic mass is 79.9. The minimum atomic E-state index is -1.07. The molecule has 6 nitrogen and oxygen atoms in total. The molecule has 106 valence electrons. The van der Waals surface area contributed by atoms with Gasteiger partial charge in [0.25, 0.3) is 0 Å². The van der Waals surface area contributed by atoms with E-state index in [1.807, 2.05) is 18.2 Å². The van der Waals surface area contributed by atoms with E-state index in [2.05, 4.69) is 31.6 Å². The van der Waals surface area contributed by atoms with E-state index in [9.17, 15) is 9.90 Å². The van der Waals surface area contributed by atoms with Gasteiger partial charge in [0, 0.05) is 4.47 Å². The molecule has 0 aliphatic rings. The van der Waals surface area contributed by atoms with Crippen molar-refractivity contribution in [1.82, 2.24) is 15.0 Å². The number of hydrogen-bond donors (Lipinski definition) is 2. The van der Waals surface area contributed by atoms with Gasteiger partial charge in [-0.15, -0.1) is 5.10 Å². The van der Waals surface area contributed by atoms with Crippen LogP contribution in [0, 0.1) is 0 Å². The van der Waals surface area contributed by atoms with Crippen molar-refractivity contribution in [1.29, 1.82) is 0 Å². The van der Waals surface area contributed by atoms with E-state index in [1.54, 1.807) is 26.1 Å². The van der Waals surface area contributed by atoms with Crippen LogP contribution in [0.25, 0.3) is 0 Å². The molecular formula is C13H15BrN4O2. The number of anilines is 1. The van der Waals surface area contributed by atoms with Crippen molar-refractivity contribution in [3.63, 3.8) is 0 Å². The molecule has 0 aliphatic heterocycles. The highest BCUT2D eigenvalue weighted by Crippen LogP contribution is 2.21. The van der Waals surface area contributed by atoms with Gasteiger partial charge in [-0.2, -0.15) is 0 Å². The summed E-state index contributed by atoms with van der Waals surface area (Å²) in [5.74, 6) is -0.218. The first kappa shape index (κ1) is 14.7. The molecule has 0 aliphatic carbocycles. The lowest BCUT2D eigenvalue weighted by Gasteiger charge is -2.11. The summed E-state index contributed by atoms with van der Waals surface area (Å²) in [5.41, 5.74) is 0.0449. The fourth-order valence-electron chi connectivity index (χ4n) is 1.56. The molecule has 0 bridgehead atoms. The van der Waals surface area contributed by atoms with E-state index in [0.29, 0.717) is 11.4 Å². The van der Waals surface area contributed by atoms with Crippen molar-refractivity contribution >= 4 is 27.5 Å². The second kappa shape index (κ2) is 5.72. The van der Waals surface area contributed by atoms with E-state index in [0.717, 1.165) is 4.47 Å². The SMILES string of the molecule is CC(C)(O)c1cn(CC(=O)Nc2ccccc2Br)nn1. The van der Waals surface area contributed by atoms with Crippen LogP contribution in [0.2, 0.25) is 0 Å². The predicted molar refractivity (Wildman–Crippen MR) is 78.0 cm³/mol. The van der Waals surface area contributed by atoms with Crippen LogP contribution in [-0.4, -0.2) is 26.0 Å². The fraction of sp³-hybridized carbons (Fsp3) is 0.308. The Morgan fingerprint density at radius 3 is 2.75 bits per heavy atom. The first-order chi connectivity index (χ1) is 9.36. The number of aliphatic hydroxyl groups is 1. The van der Waals surface area contributed by atoms with Crippen LogP contribution in [0.15, 0.2) is 34.9 Å². The third-order valence-electron chi connectivity index (χ3n) is 2.62. The molecule has 0 saturated heterocycles. The van der Waals surface area contributed by atoms with Crippen molar-refractivity contribution in [3.05, 3.63) is 40.6 Å². The lowest BCUT2D eigenvalue weighted by Crippen LogP contribution is -2.19. The Kier molecular flexibility index (Phi) is 4.20. The van der Waals surface area contributed by atoms with Crippen LogP contribution < -0.4 is 5.32 Å². The van der Waals surface area contributed by atoms with Crippen LogP contribution in [0.4, 0.5) is 5.69 Å². The van der Waals surface area contributed by atoms with Gasteiger partial charge >= 0.3 is 0 Å². The summed E-state index contributed by atoms with van der Waals surface area (Å²) in [6.07, 6.45) is 1.56. The van der Waals surface area contributed by atoms with E-state index in [4.69, 9.17) is 0 Å². The Bertz CT molecular complexity index is 619. The van der Waals surface area contributed by atoms with E-state index >= 15 is 0 Å². The van der Waals surface area contributed by atoms with Crippen LogP contribution in [0.5, 0.6) is 0 Å². The highest BCUT2D eigenvalue weighted by Gasteiger charge is 2.20. The molecule has 0 unspecified atom stereocenters. The minimum absolute atomic E-state index is 0.0322. The Morgan fingerprint density at radius 1 is 1.45 bits per heavy atom. The standard InChI is InChI=1S/C13H15BrN4O2/c1-13(2,20)11-7-18(17-16-11)8-12(19)15-10-6-4-3-5-9(10)14/h3-7,20H,8H2,1-2H3,(H,15,19). The number of halogens is 1. The molecule has 0 saturated carbocycles. The zero-order chi connectivity index (χ0) is 14.8. The number of carbonyl (C=O) groups excluding carboxylic acids is 1. The first-order valence-electron chi connectivity index (χ1n) is 6.03. The van der Waals surface area contributed by atoms with Crippen LogP contribution in [0.1, 0.15) is 19.5 Å². The molecule has 20 heavy (non-hydrogen) atoms. The van der Waals surface area contributed by atoms with Gasteiger partial charge < -0.3 is 10.4 Å². The second-order valence-electron chi connectivity index (χ2n) is 4.89. The normalized spacial score (nSPS) is 11.4. The summed E-state index contributed by atoms with van der Waals surface area (Å²) in [4.78, 5) is 11.9. The van der Waals surface area contributed by atoms with E-state index in [-0.39, 0.29) is 12.5 Å². The van der Waals surface area contributed by atoms with Crippen molar-refractivity contribution in [2.45, 2.75) is 26.0 Å². The molecule has 0 radical (unpaired) electrons. The van der Waals surface area contributed by atoms with Crippen LogP contribution >= 0.6 is 15.9 Å². The molecule has 0 fully saturated rings. The molecule has 2 rings (SSSR count). The zero-order valence-electron chi connectivity index (χ0n) is 11.2. The topological polar surface area (TPSA) is 80.0 Å². The zero-order valence-corrected chi connectivity index (χ0v) is 12.8. The van der Waals surface area contributed by atoms with E-state index in [1.165, 1.54) is 4.68 Å². The Morgan fingerprint density at radius 2 is 2.15 bits per heavy atom. The Hall–Kier alpha value is -1.73. The van der Waals surface area contributed by atoms with Crippen molar-refractivity contribution in [3.8, 4) is 0 Å². The summed E-state index contributed by atoms with van der Waals surface area (Å²) in [7, 11) is 0. The molecule has 2 N–H and O–H groups in total. The lowest BCUT2D eigenvalue weighted by atomic mass is 10.1. The van der Waals surface area contributed by atoms with Gasteiger partial charge in [-0.1, -0.05) is 17.3 Å². The molecule has 1 aromatic carbocycles. The third kappa shape index (κ3) is 3.64. The number of amides is 1. The monoisotopic (exact) mass is 338 g/mol. The number of nitrogens with zero attached hydrogens (tertiary/aromatic N) is 3. The Labute approximate surface area is 124 Å². The average molecular weight is 339 g/mol. The second-order valence-corrected chi connectivity index (χ2v) is 5.74. The van der Waals surface area contributed by atoms with Gasteiger partial charge in [0.05, 0.1) is 11.9 Å². The van der Waals surface area contributed by atoms with Crippen LogP contribution in [0.3, 0.4) is 0 Å². The van der Waals surface area contributed by atoms with Gasteiger partial charge in [0.15, 0.2) is 0 Å². The fourth-order valence-corrected chi connectivity index (χ4v) is 1.94. The third-order valence-corrected chi connectivity index (χ3v) is 3.31. The molecule has 1 heterocycles. The van der Waals surface area contributed by atoms with Gasteiger partial charge in [0.2, 0.25) is 5.91 Å². The average Bonchev–Trinajstić information content (AvgIpc) is 2.80. The van der Waals surface area contributed by atoms with Crippen molar-refractivity contribution in [2.24, 2.45) is 0 Å². The maximum atomic E-state index is 11.9. The number of benzene rings is 1. The molecule has 1 aromatic heterocycles. The molecule has 1 amide bonds. The summed E-state index contributed by atoms with van der Waals surface area (Å²) in [6.45, 7) is 3.26. The maximum Gasteiger partial charge on any atom is 0.246 e. The lowest BCUT2D eigenvalue weighted by molar-refractivity contribution is -0.116. The number of para-hydroxylation sites is 1. The molecule has 0 spiro atoms. The quantitative estimate of drug-likeness (QED) is 0.892. The van der Waals surface area contributed by atoms with E-state index < -0.39 is 5.60 Å². The Balaban J connectivity index is 2.02. The molecule has 0 atom stereocenters. The van der Waals surface area contributed by atoms with Gasteiger partial charge in [-0.25, -0.2) is 4.68 Å². The molecular weight excluding hydrogens is 324 g/mol. The molecule has 2 aromatic rings. The maximum absolute atomic E-state index is 11.9. The number of nitrogens with one attached hydrogen (secondary N) is 1. The first-order valence-corrected chi connectivity index (χ1v) is 6.83. The number of rotatable bonds is 4. The number of aromatic nitrogens is 3. The van der Waals surface area contributed by atoms with Crippen molar-refractivity contribution < 1.29 is 9.90 Å². The minimum Gasteiger partial charge on any atom is -0.384 e. The van der Waals surface area contributed by atoms with Crippen molar-refractivity contribution in [2.75, 3.05) is 5.32 Å². The number of carbonyl (C=O) groups is 1. The predicted octanol–water partition coefficient (Wildman–Crippen LogP) is 1.91. The summed E-state index contributed by atoms with van der Waals surface area (Å²) < 4.78 is 2.20. The summed E-state index contributed by atoms with van der Waals surface area (Å²) in [5, 5.41) is 20.2. The molecule has 7 heteroatoms. The summed E-state index contributed by atoms with van der Waals surface area (Å²) >= 11 is 3.36. The summed E-state index contributed by atoms with van der Waals surface area (Å²) in [6, 6.07) is 7.35. The van der Waals surface area contributed by atoms with Crippen LogP contribution in [-0.2, 0) is 16.9 Å². The van der Waals surface area contributed by atoms with Gasteiger partial charge in [0.1, 0.15) is 17.8 Å². The smallest absolute Gasteiger partial charge is 0.246 e.